The quantitative estimate of drug-likeness (QED) is 0.164. The minimum Gasteiger partial charge on any atom is -0.465 e. The van der Waals surface area contributed by atoms with Gasteiger partial charge in [0.05, 0.1) is 36.0 Å². The summed E-state index contributed by atoms with van der Waals surface area (Å²) in [6.07, 6.45) is 5.28. The largest absolute Gasteiger partial charge is 0.465 e. The predicted molar refractivity (Wildman–Crippen MR) is 181 cm³/mol. The van der Waals surface area contributed by atoms with Crippen molar-refractivity contribution in [2.24, 2.45) is 0 Å². The molecule has 5 rings (SSSR count). The molecule has 244 valence electrons. The molecule has 0 spiro atoms. The number of hydrogen-bond acceptors (Lipinski definition) is 7. The highest BCUT2D eigenvalue weighted by Crippen LogP contribution is 2.35. The summed E-state index contributed by atoms with van der Waals surface area (Å²) in [6.45, 7) is 19.3. The number of amides is 2. The molecule has 12 nitrogen and oxygen atoms in total. The summed E-state index contributed by atoms with van der Waals surface area (Å²) in [5.74, 6) is 0.798. The highest BCUT2D eigenvalue weighted by molar-refractivity contribution is 5.98. The lowest BCUT2D eigenvalue weighted by atomic mass is 9.86. The molecule has 4 aromatic rings. The van der Waals surface area contributed by atoms with Gasteiger partial charge in [0.1, 0.15) is 11.6 Å². The van der Waals surface area contributed by atoms with Gasteiger partial charge in [-0.15, -0.1) is 0 Å². The van der Waals surface area contributed by atoms with Gasteiger partial charge in [-0.25, -0.2) is 14.5 Å². The molecule has 3 aromatic heterocycles. The third-order valence-electron chi connectivity index (χ3n) is 8.25. The van der Waals surface area contributed by atoms with Gasteiger partial charge in [0.25, 0.3) is 0 Å². The summed E-state index contributed by atoms with van der Waals surface area (Å²) < 4.78 is 3.31. The van der Waals surface area contributed by atoms with Crippen LogP contribution in [0.5, 0.6) is 0 Å². The maximum Gasteiger partial charge on any atom is 0.413 e. The van der Waals surface area contributed by atoms with Gasteiger partial charge < -0.3 is 21.1 Å². The number of hydrogen-bond donors (Lipinski definition) is 4. The van der Waals surface area contributed by atoms with E-state index in [9.17, 15) is 14.7 Å². The van der Waals surface area contributed by atoms with Crippen LogP contribution in [0.4, 0.5) is 22.1 Å². The van der Waals surface area contributed by atoms with E-state index >= 15 is 0 Å². The number of benzene rings is 1. The fraction of sp³-hybridized carbons (Fsp3) is 0.441. The van der Waals surface area contributed by atoms with E-state index in [-0.39, 0.29) is 35.4 Å². The number of carbonyl (C=O) groups is 2. The fourth-order valence-electron chi connectivity index (χ4n) is 5.78. The average molecular weight is 628 g/mol. The Morgan fingerprint density at radius 3 is 2.65 bits per heavy atom. The highest BCUT2D eigenvalue weighted by Gasteiger charge is 2.31. The number of aromatic nitrogens is 5. The summed E-state index contributed by atoms with van der Waals surface area (Å²) in [5.41, 5.74) is 4.32. The second-order valence-corrected chi connectivity index (χ2v) is 14.0. The summed E-state index contributed by atoms with van der Waals surface area (Å²) in [6, 6.07) is 9.40. The Balaban J connectivity index is 1.56. The van der Waals surface area contributed by atoms with Crippen LogP contribution in [0.1, 0.15) is 84.0 Å². The zero-order valence-corrected chi connectivity index (χ0v) is 27.8. The molecule has 0 unspecified atom stereocenters. The Morgan fingerprint density at radius 2 is 2.02 bits per heavy atom. The van der Waals surface area contributed by atoms with Crippen LogP contribution < -0.4 is 20.9 Å². The fourth-order valence-corrected chi connectivity index (χ4v) is 5.78. The van der Waals surface area contributed by atoms with Crippen LogP contribution in [0.2, 0.25) is 0 Å². The first-order valence-electron chi connectivity index (χ1n) is 15.7. The molecule has 12 heteroatoms. The van der Waals surface area contributed by atoms with Crippen LogP contribution in [0, 0.1) is 0 Å². The lowest BCUT2D eigenvalue weighted by molar-refractivity contribution is -0.111. The minimum absolute atomic E-state index is 0.0595. The van der Waals surface area contributed by atoms with E-state index in [2.05, 4.69) is 76.1 Å². The van der Waals surface area contributed by atoms with Gasteiger partial charge in [-0.3, -0.25) is 9.69 Å². The van der Waals surface area contributed by atoms with Crippen molar-refractivity contribution >= 4 is 35.0 Å². The van der Waals surface area contributed by atoms with Crippen molar-refractivity contribution in [3.63, 3.8) is 0 Å². The third-order valence-corrected chi connectivity index (χ3v) is 8.25. The zero-order valence-electron chi connectivity index (χ0n) is 27.8. The van der Waals surface area contributed by atoms with Gasteiger partial charge in [0.15, 0.2) is 5.65 Å². The highest BCUT2D eigenvalue weighted by atomic mass is 16.4. The molecule has 0 aliphatic carbocycles. The van der Waals surface area contributed by atoms with Crippen LogP contribution >= 0.6 is 0 Å². The number of rotatable bonds is 9. The van der Waals surface area contributed by atoms with Crippen LogP contribution in [0.25, 0.3) is 11.3 Å². The molecule has 0 radical (unpaired) electrons. The minimum atomic E-state index is -1.11. The van der Waals surface area contributed by atoms with Gasteiger partial charge in [0, 0.05) is 35.2 Å². The first-order valence-corrected chi connectivity index (χ1v) is 15.7. The van der Waals surface area contributed by atoms with Gasteiger partial charge in [0.2, 0.25) is 5.91 Å². The Bertz CT molecular complexity index is 1750. The van der Waals surface area contributed by atoms with Crippen molar-refractivity contribution in [2.45, 2.75) is 90.8 Å². The molecule has 0 saturated carbocycles. The molecule has 1 fully saturated rings. The first-order chi connectivity index (χ1) is 21.6. The normalized spacial score (nSPS) is 16.4. The van der Waals surface area contributed by atoms with Crippen molar-refractivity contribution in [1.29, 1.82) is 0 Å². The molecular formula is C34H45N9O3. The summed E-state index contributed by atoms with van der Waals surface area (Å²) in [7, 11) is 0. The molecule has 4 N–H and O–H groups in total. The SMILES string of the molecule is C=CC(=O)Nc1cnn(-c2cccc(CN(C(=O)O)c3cc(N[C@H]4CCC(C)(C)NC4)nc4c(C(C)C)c(C(C)(C)C)nn34)c2)c1. The van der Waals surface area contributed by atoms with E-state index in [1.165, 1.54) is 11.0 Å². The Kier molecular flexibility index (Phi) is 8.94. The first kappa shape index (κ1) is 32.7. The second kappa shape index (κ2) is 12.6. The smallest absolute Gasteiger partial charge is 0.413 e. The molecule has 4 heterocycles. The van der Waals surface area contributed by atoms with E-state index in [0.29, 0.717) is 28.7 Å². The van der Waals surface area contributed by atoms with Gasteiger partial charge in [-0.05, 0) is 56.4 Å². The predicted octanol–water partition coefficient (Wildman–Crippen LogP) is 6.09. The van der Waals surface area contributed by atoms with Crippen LogP contribution in [-0.2, 0) is 16.8 Å². The van der Waals surface area contributed by atoms with E-state index in [4.69, 9.17) is 10.1 Å². The number of fused-ring (bicyclic) bond motifs is 1. The van der Waals surface area contributed by atoms with Crippen LogP contribution in [0.15, 0.2) is 55.4 Å². The van der Waals surface area contributed by atoms with E-state index in [1.807, 2.05) is 24.3 Å². The number of nitrogens with one attached hydrogen (secondary N) is 3. The molecule has 1 saturated heterocycles. The Morgan fingerprint density at radius 1 is 1.26 bits per heavy atom. The van der Waals surface area contributed by atoms with E-state index in [0.717, 1.165) is 36.2 Å². The molecule has 2 amide bonds. The molecule has 1 aliphatic heterocycles. The monoisotopic (exact) mass is 627 g/mol. The lowest BCUT2D eigenvalue weighted by Crippen LogP contribution is -2.50. The molecule has 46 heavy (non-hydrogen) atoms. The molecule has 1 aliphatic rings. The molecular weight excluding hydrogens is 582 g/mol. The van der Waals surface area contributed by atoms with Crippen molar-refractivity contribution in [1.82, 2.24) is 29.7 Å². The number of anilines is 3. The lowest BCUT2D eigenvalue weighted by Gasteiger charge is -2.36. The summed E-state index contributed by atoms with van der Waals surface area (Å²) >= 11 is 0. The van der Waals surface area contributed by atoms with Crippen molar-refractivity contribution in [2.75, 3.05) is 22.1 Å². The molecule has 1 atom stereocenters. The second-order valence-electron chi connectivity index (χ2n) is 14.0. The van der Waals surface area contributed by atoms with Gasteiger partial charge in [-0.2, -0.15) is 14.7 Å². The topological polar surface area (TPSA) is 142 Å². The number of nitrogens with zero attached hydrogens (tertiary/aromatic N) is 6. The molecule has 0 bridgehead atoms. The molecule has 1 aromatic carbocycles. The van der Waals surface area contributed by atoms with Gasteiger partial charge in [-0.1, -0.05) is 53.3 Å². The van der Waals surface area contributed by atoms with Crippen molar-refractivity contribution in [3.8, 4) is 5.69 Å². The maximum absolute atomic E-state index is 13.0. The van der Waals surface area contributed by atoms with Crippen molar-refractivity contribution < 1.29 is 14.7 Å². The zero-order chi connectivity index (χ0) is 33.4. The van der Waals surface area contributed by atoms with Crippen LogP contribution in [-0.4, -0.2) is 59.6 Å². The Hall–Kier alpha value is -4.71. The van der Waals surface area contributed by atoms with Gasteiger partial charge >= 0.3 is 6.09 Å². The number of carboxylic acid groups (broad SMARTS) is 1. The van der Waals surface area contributed by atoms with Crippen LogP contribution in [0.3, 0.4) is 0 Å². The van der Waals surface area contributed by atoms with E-state index in [1.54, 1.807) is 27.7 Å². The van der Waals surface area contributed by atoms with E-state index < -0.39 is 6.09 Å². The average Bonchev–Trinajstić information content (AvgIpc) is 3.62. The summed E-state index contributed by atoms with van der Waals surface area (Å²) in [5, 5.41) is 29.9. The maximum atomic E-state index is 13.0. The summed E-state index contributed by atoms with van der Waals surface area (Å²) in [4.78, 5) is 31.1. The third kappa shape index (κ3) is 7.07. The van der Waals surface area contributed by atoms with Crippen molar-refractivity contribution in [3.05, 3.63) is 72.2 Å². The Labute approximate surface area is 269 Å². The number of piperidine rings is 1. The standard InChI is InChI=1S/C34H45N9O3/c1-9-27(44)38-24-18-36-42(20-24)25-12-10-11-22(15-25)19-41(32(45)46)28-16-26(37-23-13-14-34(7,8)35-17-23)39-31-29(21(2)3)30(33(4,5)6)40-43(28)31/h9-12,15-16,18,20-21,23,35H,1,13-14,17,19H2,2-8H3,(H,37,39)(H,38,44)(H,45,46)/t23-/m0/s1. The number of carbonyl (C=O) groups excluding carboxylic acids is 1.